The number of aromatic nitrogens is 4. The standard InChI is InChI=1S/C25H32N4O/c1-4-6-10-16-28-22-13-9-8-12-20(22)26-24(28)25-27-21-15-14-19(30-3)18-23(21)29(25)17-11-7-5-2/h8-9,12-15,18H,4-7,10-11,16-17H2,1-3H3. The second kappa shape index (κ2) is 9.33. The molecule has 0 aliphatic rings. The SMILES string of the molecule is CCCCCn1c(-c2nc3ccc(OC)cc3n2CCCCC)nc2ccccc21. The Hall–Kier alpha value is -2.82. The monoisotopic (exact) mass is 404 g/mol. The number of ether oxygens (including phenoxy) is 1. The lowest BCUT2D eigenvalue weighted by Crippen LogP contribution is -2.07. The van der Waals surface area contributed by atoms with E-state index in [1.807, 2.05) is 6.07 Å². The normalized spacial score (nSPS) is 11.6. The van der Waals surface area contributed by atoms with Crippen molar-refractivity contribution in [1.82, 2.24) is 19.1 Å². The Kier molecular flexibility index (Phi) is 6.36. The smallest absolute Gasteiger partial charge is 0.177 e. The van der Waals surface area contributed by atoms with E-state index in [4.69, 9.17) is 14.7 Å². The van der Waals surface area contributed by atoms with Crippen LogP contribution < -0.4 is 4.74 Å². The van der Waals surface area contributed by atoms with Crippen molar-refractivity contribution in [2.24, 2.45) is 0 Å². The Bertz CT molecular complexity index is 1130. The Labute approximate surface area is 178 Å². The molecule has 0 aliphatic carbocycles. The van der Waals surface area contributed by atoms with Crippen LogP contribution in [0, 0.1) is 0 Å². The van der Waals surface area contributed by atoms with Crippen LogP contribution in [0.2, 0.25) is 0 Å². The number of imidazole rings is 2. The minimum Gasteiger partial charge on any atom is -0.497 e. The molecule has 0 unspecified atom stereocenters. The van der Waals surface area contributed by atoms with Crippen LogP contribution in [0.1, 0.15) is 52.4 Å². The van der Waals surface area contributed by atoms with Gasteiger partial charge in [-0.2, -0.15) is 0 Å². The second-order valence-corrected chi connectivity index (χ2v) is 7.93. The Morgan fingerprint density at radius 3 is 1.97 bits per heavy atom. The van der Waals surface area contributed by atoms with Crippen LogP contribution in [-0.2, 0) is 13.1 Å². The van der Waals surface area contributed by atoms with Gasteiger partial charge in [-0.15, -0.1) is 0 Å². The van der Waals surface area contributed by atoms with Crippen LogP contribution in [0.3, 0.4) is 0 Å². The molecule has 0 N–H and O–H groups in total. The van der Waals surface area contributed by atoms with Crippen molar-refractivity contribution in [3.8, 4) is 17.4 Å². The van der Waals surface area contributed by atoms with Crippen LogP contribution >= 0.6 is 0 Å². The van der Waals surface area contributed by atoms with Gasteiger partial charge >= 0.3 is 0 Å². The zero-order valence-corrected chi connectivity index (χ0v) is 18.4. The van der Waals surface area contributed by atoms with Crippen molar-refractivity contribution >= 4 is 22.1 Å². The van der Waals surface area contributed by atoms with E-state index in [1.54, 1.807) is 7.11 Å². The maximum Gasteiger partial charge on any atom is 0.177 e. The first-order chi connectivity index (χ1) is 14.8. The van der Waals surface area contributed by atoms with E-state index in [2.05, 4.69) is 59.4 Å². The molecule has 0 amide bonds. The molecule has 2 aromatic heterocycles. The third-order valence-corrected chi connectivity index (χ3v) is 5.78. The maximum atomic E-state index is 5.49. The first-order valence-electron chi connectivity index (χ1n) is 11.3. The first-order valence-corrected chi connectivity index (χ1v) is 11.3. The summed E-state index contributed by atoms with van der Waals surface area (Å²) in [5, 5.41) is 0. The van der Waals surface area contributed by atoms with E-state index >= 15 is 0 Å². The van der Waals surface area contributed by atoms with Gasteiger partial charge in [0, 0.05) is 19.2 Å². The van der Waals surface area contributed by atoms with Gasteiger partial charge in [0.2, 0.25) is 0 Å². The van der Waals surface area contributed by atoms with Crippen molar-refractivity contribution in [1.29, 1.82) is 0 Å². The summed E-state index contributed by atoms with van der Waals surface area (Å²) in [6, 6.07) is 14.6. The minimum absolute atomic E-state index is 0.863. The molecule has 0 saturated heterocycles. The van der Waals surface area contributed by atoms with Crippen LogP contribution in [0.4, 0.5) is 0 Å². The molecule has 0 atom stereocenters. The fourth-order valence-corrected chi connectivity index (χ4v) is 4.14. The highest BCUT2D eigenvalue weighted by Crippen LogP contribution is 2.30. The highest BCUT2D eigenvalue weighted by Gasteiger charge is 2.20. The van der Waals surface area contributed by atoms with E-state index in [0.29, 0.717) is 0 Å². The zero-order chi connectivity index (χ0) is 20.9. The van der Waals surface area contributed by atoms with Gasteiger partial charge in [-0.3, -0.25) is 0 Å². The number of nitrogens with zero attached hydrogens (tertiary/aromatic N) is 4. The van der Waals surface area contributed by atoms with Gasteiger partial charge in [0.1, 0.15) is 5.75 Å². The van der Waals surface area contributed by atoms with Crippen LogP contribution in [0.25, 0.3) is 33.7 Å². The van der Waals surface area contributed by atoms with Crippen LogP contribution in [0.15, 0.2) is 42.5 Å². The second-order valence-electron chi connectivity index (χ2n) is 7.93. The molecular formula is C25H32N4O. The van der Waals surface area contributed by atoms with Gasteiger partial charge in [0.05, 0.1) is 29.2 Å². The summed E-state index contributed by atoms with van der Waals surface area (Å²) < 4.78 is 10.2. The largest absolute Gasteiger partial charge is 0.497 e. The predicted octanol–water partition coefficient (Wildman–Crippen LogP) is 6.44. The number of aryl methyl sites for hydroxylation is 2. The maximum absolute atomic E-state index is 5.49. The number of fused-ring (bicyclic) bond motifs is 2. The van der Waals surface area contributed by atoms with Crippen molar-refractivity contribution in [2.75, 3.05) is 7.11 Å². The number of para-hydroxylation sites is 2. The van der Waals surface area contributed by atoms with Gasteiger partial charge in [-0.05, 0) is 37.1 Å². The molecule has 30 heavy (non-hydrogen) atoms. The summed E-state index contributed by atoms with van der Waals surface area (Å²) in [4.78, 5) is 10.1. The molecule has 5 nitrogen and oxygen atoms in total. The number of methoxy groups -OCH3 is 1. The zero-order valence-electron chi connectivity index (χ0n) is 18.4. The highest BCUT2D eigenvalue weighted by molar-refractivity contribution is 5.84. The van der Waals surface area contributed by atoms with Gasteiger partial charge < -0.3 is 13.9 Å². The third kappa shape index (κ3) is 3.93. The van der Waals surface area contributed by atoms with Crippen molar-refractivity contribution in [2.45, 2.75) is 65.5 Å². The summed E-state index contributed by atoms with van der Waals surface area (Å²) in [5.74, 6) is 2.79. The molecule has 0 aliphatic heterocycles. The summed E-state index contributed by atoms with van der Waals surface area (Å²) in [5.41, 5.74) is 4.34. The number of hydrogen-bond donors (Lipinski definition) is 0. The molecular weight excluding hydrogens is 372 g/mol. The number of rotatable bonds is 10. The van der Waals surface area contributed by atoms with Crippen molar-refractivity contribution in [3.63, 3.8) is 0 Å². The lowest BCUT2D eigenvalue weighted by Gasteiger charge is -2.12. The Balaban J connectivity index is 1.88. The molecule has 0 radical (unpaired) electrons. The average molecular weight is 405 g/mol. The summed E-state index contributed by atoms with van der Waals surface area (Å²) in [7, 11) is 1.72. The summed E-state index contributed by atoms with van der Waals surface area (Å²) in [6.45, 7) is 6.38. The molecule has 0 spiro atoms. The van der Waals surface area contributed by atoms with Crippen LogP contribution in [0.5, 0.6) is 5.75 Å². The van der Waals surface area contributed by atoms with Gasteiger partial charge in [-0.1, -0.05) is 51.7 Å². The Morgan fingerprint density at radius 1 is 0.733 bits per heavy atom. The van der Waals surface area contributed by atoms with E-state index in [9.17, 15) is 0 Å². The quantitative estimate of drug-likeness (QED) is 0.286. The predicted molar refractivity (Wildman–Crippen MR) is 124 cm³/mol. The van der Waals surface area contributed by atoms with Gasteiger partial charge in [0.15, 0.2) is 11.6 Å². The topological polar surface area (TPSA) is 44.9 Å². The molecule has 2 aromatic carbocycles. The number of hydrogen-bond acceptors (Lipinski definition) is 3. The van der Waals surface area contributed by atoms with Crippen molar-refractivity contribution < 1.29 is 4.74 Å². The fraction of sp³-hybridized carbons (Fsp3) is 0.440. The van der Waals surface area contributed by atoms with E-state index in [0.717, 1.165) is 59.9 Å². The molecule has 4 aromatic rings. The van der Waals surface area contributed by atoms with Crippen molar-refractivity contribution in [3.05, 3.63) is 42.5 Å². The average Bonchev–Trinajstić information content (AvgIpc) is 3.32. The molecule has 0 bridgehead atoms. The fourth-order valence-electron chi connectivity index (χ4n) is 4.14. The molecule has 2 heterocycles. The lowest BCUT2D eigenvalue weighted by atomic mass is 10.2. The lowest BCUT2D eigenvalue weighted by molar-refractivity contribution is 0.415. The summed E-state index contributed by atoms with van der Waals surface area (Å²) in [6.07, 6.45) is 7.10. The number of benzene rings is 2. The molecule has 0 saturated carbocycles. The number of unbranched alkanes of at least 4 members (excludes halogenated alkanes) is 4. The highest BCUT2D eigenvalue weighted by atomic mass is 16.5. The molecule has 158 valence electrons. The van der Waals surface area contributed by atoms with E-state index in [-0.39, 0.29) is 0 Å². The first kappa shape index (κ1) is 20.5. The van der Waals surface area contributed by atoms with E-state index < -0.39 is 0 Å². The van der Waals surface area contributed by atoms with E-state index in [1.165, 1.54) is 31.2 Å². The van der Waals surface area contributed by atoms with Crippen LogP contribution in [-0.4, -0.2) is 26.2 Å². The third-order valence-electron chi connectivity index (χ3n) is 5.78. The molecule has 5 heteroatoms. The molecule has 4 rings (SSSR count). The minimum atomic E-state index is 0.863. The molecule has 0 fully saturated rings. The Morgan fingerprint density at radius 2 is 1.33 bits per heavy atom. The summed E-state index contributed by atoms with van der Waals surface area (Å²) >= 11 is 0. The van der Waals surface area contributed by atoms with Gasteiger partial charge in [0.25, 0.3) is 0 Å². The van der Waals surface area contributed by atoms with Gasteiger partial charge in [-0.25, -0.2) is 9.97 Å².